The highest BCUT2D eigenvalue weighted by molar-refractivity contribution is 5.76. The van der Waals surface area contributed by atoms with Crippen molar-refractivity contribution in [3.05, 3.63) is 60.0 Å². The normalized spacial score (nSPS) is 10.5. The fraction of sp³-hybridized carbons (Fsp3) is 0.286. The number of hydrogen-bond donors (Lipinski definition) is 0. The molecule has 0 unspecified atom stereocenters. The van der Waals surface area contributed by atoms with E-state index in [-0.39, 0.29) is 12.5 Å². The summed E-state index contributed by atoms with van der Waals surface area (Å²) in [6, 6.07) is 15.3. The number of benzene rings is 2. The lowest BCUT2D eigenvalue weighted by Crippen LogP contribution is -2.26. The van der Waals surface area contributed by atoms with E-state index in [0.29, 0.717) is 41.6 Å². The van der Waals surface area contributed by atoms with Crippen molar-refractivity contribution in [2.75, 3.05) is 21.3 Å². The molecule has 7 nitrogen and oxygen atoms in total. The molecule has 0 bridgehead atoms. The predicted molar refractivity (Wildman–Crippen MR) is 104 cm³/mol. The van der Waals surface area contributed by atoms with E-state index in [1.165, 1.54) is 0 Å². The lowest BCUT2D eigenvalue weighted by Gasteiger charge is -2.14. The fourth-order valence-corrected chi connectivity index (χ4v) is 2.79. The van der Waals surface area contributed by atoms with E-state index in [9.17, 15) is 4.79 Å². The minimum absolute atomic E-state index is 0.0191. The van der Waals surface area contributed by atoms with Crippen LogP contribution in [0.25, 0.3) is 11.4 Å². The summed E-state index contributed by atoms with van der Waals surface area (Å²) in [5.41, 5.74) is 1.83. The van der Waals surface area contributed by atoms with Gasteiger partial charge >= 0.3 is 0 Å². The van der Waals surface area contributed by atoms with Crippen molar-refractivity contribution in [3.63, 3.8) is 0 Å². The van der Waals surface area contributed by atoms with Gasteiger partial charge < -0.3 is 18.9 Å². The van der Waals surface area contributed by atoms with Gasteiger partial charge in [-0.2, -0.15) is 4.98 Å². The van der Waals surface area contributed by atoms with Crippen LogP contribution in [0, 0.1) is 0 Å². The number of aromatic nitrogens is 2. The second-order valence-electron chi connectivity index (χ2n) is 6.31. The number of amides is 1. The van der Waals surface area contributed by atoms with Crippen LogP contribution >= 0.6 is 0 Å². The first-order valence-corrected chi connectivity index (χ1v) is 8.93. The van der Waals surface area contributed by atoms with E-state index in [2.05, 4.69) is 10.1 Å². The molecule has 146 valence electrons. The summed E-state index contributed by atoms with van der Waals surface area (Å²) >= 11 is 0. The van der Waals surface area contributed by atoms with Crippen LogP contribution in [0.3, 0.4) is 0 Å². The second kappa shape index (κ2) is 9.03. The Morgan fingerprint density at radius 1 is 1.11 bits per heavy atom. The molecule has 3 aromatic rings. The molecule has 0 saturated heterocycles. The summed E-state index contributed by atoms with van der Waals surface area (Å²) in [5.74, 6) is 2.04. The molecule has 1 amide bonds. The maximum absolute atomic E-state index is 12.4. The van der Waals surface area contributed by atoms with Gasteiger partial charge in [0.2, 0.25) is 17.6 Å². The highest BCUT2D eigenvalue weighted by Crippen LogP contribution is 2.31. The van der Waals surface area contributed by atoms with E-state index in [0.717, 1.165) is 5.56 Å². The molecule has 0 radical (unpaired) electrons. The van der Waals surface area contributed by atoms with Gasteiger partial charge in [0.25, 0.3) is 0 Å². The molecule has 1 aromatic heterocycles. The van der Waals surface area contributed by atoms with Crippen molar-refractivity contribution in [2.24, 2.45) is 0 Å². The number of rotatable bonds is 8. The molecule has 0 fully saturated rings. The highest BCUT2D eigenvalue weighted by Gasteiger charge is 2.17. The van der Waals surface area contributed by atoms with Crippen molar-refractivity contribution in [2.45, 2.75) is 19.4 Å². The first-order valence-electron chi connectivity index (χ1n) is 8.93. The monoisotopic (exact) mass is 381 g/mol. The van der Waals surface area contributed by atoms with Crippen molar-refractivity contribution >= 4 is 5.91 Å². The Morgan fingerprint density at radius 3 is 2.61 bits per heavy atom. The van der Waals surface area contributed by atoms with Gasteiger partial charge in [0.1, 0.15) is 11.5 Å². The second-order valence-corrected chi connectivity index (χ2v) is 6.31. The van der Waals surface area contributed by atoms with Crippen LogP contribution in [0.4, 0.5) is 0 Å². The largest absolute Gasteiger partial charge is 0.497 e. The molecule has 1 heterocycles. The first kappa shape index (κ1) is 19.4. The number of carbonyl (C=O) groups is 1. The van der Waals surface area contributed by atoms with Crippen LogP contribution in [0.5, 0.6) is 11.5 Å². The molecule has 0 saturated carbocycles. The molecule has 2 aromatic carbocycles. The third-order valence-corrected chi connectivity index (χ3v) is 4.39. The molecular weight excluding hydrogens is 358 g/mol. The van der Waals surface area contributed by atoms with Crippen molar-refractivity contribution < 1.29 is 18.8 Å². The van der Waals surface area contributed by atoms with E-state index in [4.69, 9.17) is 14.0 Å². The predicted octanol–water partition coefficient (Wildman–Crippen LogP) is 3.35. The minimum Gasteiger partial charge on any atom is -0.497 e. The van der Waals surface area contributed by atoms with Gasteiger partial charge in [0.05, 0.1) is 26.3 Å². The van der Waals surface area contributed by atoms with Crippen molar-refractivity contribution in [1.82, 2.24) is 15.0 Å². The number of nitrogens with zero attached hydrogens (tertiary/aromatic N) is 3. The summed E-state index contributed by atoms with van der Waals surface area (Å²) in [4.78, 5) is 18.4. The summed E-state index contributed by atoms with van der Waals surface area (Å²) in [7, 11) is 4.88. The summed E-state index contributed by atoms with van der Waals surface area (Å²) < 4.78 is 15.9. The third-order valence-electron chi connectivity index (χ3n) is 4.39. The highest BCUT2D eigenvalue weighted by atomic mass is 16.5. The lowest BCUT2D eigenvalue weighted by molar-refractivity contribution is -0.130. The molecule has 0 spiro atoms. The lowest BCUT2D eigenvalue weighted by atomic mass is 10.1. The van der Waals surface area contributed by atoms with Crippen LogP contribution in [0.1, 0.15) is 17.9 Å². The molecule has 0 atom stereocenters. The van der Waals surface area contributed by atoms with Gasteiger partial charge in [-0.3, -0.25) is 4.79 Å². The van der Waals surface area contributed by atoms with E-state index in [1.54, 1.807) is 44.4 Å². The summed E-state index contributed by atoms with van der Waals surface area (Å²) in [5, 5.41) is 4.01. The maximum Gasteiger partial charge on any atom is 0.246 e. The Morgan fingerprint density at radius 2 is 1.89 bits per heavy atom. The number of methoxy groups -OCH3 is 2. The molecule has 0 aliphatic heterocycles. The van der Waals surface area contributed by atoms with Crippen LogP contribution < -0.4 is 9.47 Å². The zero-order chi connectivity index (χ0) is 19.9. The number of carbonyl (C=O) groups excluding carboxylic acids is 1. The molecule has 3 rings (SSSR count). The summed E-state index contributed by atoms with van der Waals surface area (Å²) in [6.07, 6.45) is 1.12. The van der Waals surface area contributed by atoms with Crippen LogP contribution in [-0.2, 0) is 17.8 Å². The number of ether oxygens (including phenoxy) is 2. The van der Waals surface area contributed by atoms with E-state index < -0.39 is 0 Å². The van der Waals surface area contributed by atoms with Gasteiger partial charge in [-0.05, 0) is 24.1 Å². The Balaban J connectivity index is 1.63. The van der Waals surface area contributed by atoms with Crippen LogP contribution in [0.15, 0.2) is 53.1 Å². The van der Waals surface area contributed by atoms with Gasteiger partial charge in [-0.15, -0.1) is 0 Å². The van der Waals surface area contributed by atoms with Crippen LogP contribution in [0.2, 0.25) is 0 Å². The molecule has 7 heteroatoms. The van der Waals surface area contributed by atoms with Gasteiger partial charge in [-0.25, -0.2) is 0 Å². The maximum atomic E-state index is 12.4. The average molecular weight is 381 g/mol. The smallest absolute Gasteiger partial charge is 0.246 e. The van der Waals surface area contributed by atoms with E-state index in [1.807, 2.05) is 30.3 Å². The number of aryl methyl sites for hydroxylation is 1. The van der Waals surface area contributed by atoms with Gasteiger partial charge in [0, 0.05) is 19.5 Å². The minimum atomic E-state index is 0.0191. The Labute approximate surface area is 163 Å². The first-order chi connectivity index (χ1) is 13.6. The quantitative estimate of drug-likeness (QED) is 0.595. The number of hydrogen-bond acceptors (Lipinski definition) is 6. The SMILES string of the molecule is COc1ccc(-c2noc(CN(C)C(=O)CCc3ccccc3)n2)c(OC)c1. The molecule has 28 heavy (non-hydrogen) atoms. The Bertz CT molecular complexity index is 924. The zero-order valence-corrected chi connectivity index (χ0v) is 16.2. The molecule has 0 aliphatic rings. The standard InChI is InChI=1S/C21H23N3O4/c1-24(20(25)12-9-15-7-5-4-6-8-15)14-19-22-21(23-28-19)17-11-10-16(26-2)13-18(17)27-3/h4-8,10-11,13H,9,12,14H2,1-3H3. The Hall–Kier alpha value is -3.35. The summed E-state index contributed by atoms with van der Waals surface area (Å²) in [6.45, 7) is 0.249. The molecule has 0 aliphatic carbocycles. The Kier molecular flexibility index (Phi) is 6.26. The zero-order valence-electron chi connectivity index (χ0n) is 16.2. The average Bonchev–Trinajstić information content (AvgIpc) is 3.20. The van der Waals surface area contributed by atoms with Gasteiger partial charge in [-0.1, -0.05) is 35.5 Å². The van der Waals surface area contributed by atoms with E-state index >= 15 is 0 Å². The third kappa shape index (κ3) is 4.68. The molecular formula is C21H23N3O4. The molecule has 0 N–H and O–H groups in total. The van der Waals surface area contributed by atoms with Gasteiger partial charge in [0.15, 0.2) is 0 Å². The van der Waals surface area contributed by atoms with Crippen molar-refractivity contribution in [3.8, 4) is 22.9 Å². The van der Waals surface area contributed by atoms with Crippen molar-refractivity contribution in [1.29, 1.82) is 0 Å². The topological polar surface area (TPSA) is 77.7 Å². The fourth-order valence-electron chi connectivity index (χ4n) is 2.79. The van der Waals surface area contributed by atoms with Crippen LogP contribution in [-0.4, -0.2) is 42.2 Å².